The van der Waals surface area contributed by atoms with Gasteiger partial charge < -0.3 is 0 Å². The van der Waals surface area contributed by atoms with Crippen molar-refractivity contribution >= 4 is 17.1 Å². The molecule has 0 aromatic rings. The average Bonchev–Trinajstić information content (AvgIpc) is 2.27. The van der Waals surface area contributed by atoms with Gasteiger partial charge in [-0.3, -0.25) is 0 Å². The standard InChI is InChI=1S/C11H20S/c1-2-3-7-10-8-5-4-6-9-11(10)12/h10H,2-9H2,1H3. The van der Waals surface area contributed by atoms with Gasteiger partial charge in [0.1, 0.15) is 0 Å². The van der Waals surface area contributed by atoms with Crippen LogP contribution in [0.2, 0.25) is 0 Å². The zero-order valence-electron chi connectivity index (χ0n) is 8.14. The number of thiocarbonyl (C=S) groups is 1. The van der Waals surface area contributed by atoms with Crippen LogP contribution in [-0.2, 0) is 0 Å². The number of hydrogen-bond acceptors (Lipinski definition) is 1. The van der Waals surface area contributed by atoms with E-state index in [1.54, 1.807) is 0 Å². The van der Waals surface area contributed by atoms with E-state index >= 15 is 0 Å². The van der Waals surface area contributed by atoms with E-state index in [0.29, 0.717) is 0 Å². The Morgan fingerprint density at radius 1 is 1.33 bits per heavy atom. The Balaban J connectivity index is 2.31. The lowest BCUT2D eigenvalue weighted by Crippen LogP contribution is -2.09. The van der Waals surface area contributed by atoms with E-state index < -0.39 is 0 Å². The summed E-state index contributed by atoms with van der Waals surface area (Å²) < 4.78 is 0. The maximum absolute atomic E-state index is 5.43. The number of rotatable bonds is 3. The fraction of sp³-hybridized carbons (Fsp3) is 0.909. The van der Waals surface area contributed by atoms with Gasteiger partial charge in [0.25, 0.3) is 0 Å². The molecule has 1 saturated carbocycles. The van der Waals surface area contributed by atoms with Gasteiger partial charge in [-0.1, -0.05) is 44.8 Å². The number of unbranched alkanes of at least 4 members (excludes halogenated alkanes) is 1. The Morgan fingerprint density at radius 3 is 2.92 bits per heavy atom. The molecular formula is C11H20S. The molecule has 1 aliphatic rings. The molecule has 0 aliphatic heterocycles. The molecule has 1 aliphatic carbocycles. The highest BCUT2D eigenvalue weighted by Crippen LogP contribution is 2.25. The van der Waals surface area contributed by atoms with Crippen LogP contribution in [0, 0.1) is 5.92 Å². The molecule has 1 rings (SSSR count). The largest absolute Gasteiger partial charge is 0.0894 e. The summed E-state index contributed by atoms with van der Waals surface area (Å²) in [5.74, 6) is 0.794. The Morgan fingerprint density at radius 2 is 2.17 bits per heavy atom. The molecule has 0 heterocycles. The predicted molar refractivity (Wildman–Crippen MR) is 58.7 cm³/mol. The minimum atomic E-state index is 0.794. The van der Waals surface area contributed by atoms with Crippen LogP contribution in [0.4, 0.5) is 0 Å². The minimum absolute atomic E-state index is 0.794. The van der Waals surface area contributed by atoms with Gasteiger partial charge in [-0.25, -0.2) is 0 Å². The molecule has 0 aromatic carbocycles. The third kappa shape index (κ3) is 3.22. The fourth-order valence-corrected chi connectivity index (χ4v) is 2.37. The third-order valence-electron chi connectivity index (χ3n) is 2.84. The first-order chi connectivity index (χ1) is 5.84. The van der Waals surface area contributed by atoms with Crippen molar-refractivity contribution in [2.45, 2.75) is 58.3 Å². The molecule has 0 amide bonds. The van der Waals surface area contributed by atoms with Gasteiger partial charge in [-0.15, -0.1) is 0 Å². The first-order valence-electron chi connectivity index (χ1n) is 5.37. The summed E-state index contributed by atoms with van der Waals surface area (Å²) in [7, 11) is 0. The lowest BCUT2D eigenvalue weighted by Gasteiger charge is -2.13. The highest BCUT2D eigenvalue weighted by molar-refractivity contribution is 7.80. The van der Waals surface area contributed by atoms with E-state index in [-0.39, 0.29) is 0 Å². The Hall–Kier alpha value is 0.0900. The van der Waals surface area contributed by atoms with Gasteiger partial charge in [0, 0.05) is 0 Å². The van der Waals surface area contributed by atoms with E-state index in [1.807, 2.05) is 0 Å². The van der Waals surface area contributed by atoms with E-state index in [9.17, 15) is 0 Å². The topological polar surface area (TPSA) is 0 Å². The average molecular weight is 184 g/mol. The molecule has 0 nitrogen and oxygen atoms in total. The fourth-order valence-electron chi connectivity index (χ4n) is 1.99. The molecular weight excluding hydrogens is 164 g/mol. The van der Waals surface area contributed by atoms with Crippen LogP contribution in [0.3, 0.4) is 0 Å². The van der Waals surface area contributed by atoms with Crippen LogP contribution in [0.5, 0.6) is 0 Å². The Labute approximate surface area is 81.7 Å². The molecule has 1 atom stereocenters. The Kier molecular flexibility index (Phi) is 4.82. The highest BCUT2D eigenvalue weighted by Gasteiger charge is 2.16. The molecule has 0 spiro atoms. The van der Waals surface area contributed by atoms with Crippen LogP contribution >= 0.6 is 12.2 Å². The molecule has 70 valence electrons. The quantitative estimate of drug-likeness (QED) is 0.469. The van der Waals surface area contributed by atoms with Crippen molar-refractivity contribution in [2.75, 3.05) is 0 Å². The van der Waals surface area contributed by atoms with Crippen molar-refractivity contribution in [2.24, 2.45) is 5.92 Å². The van der Waals surface area contributed by atoms with Crippen LogP contribution in [0.25, 0.3) is 0 Å². The summed E-state index contributed by atoms with van der Waals surface area (Å²) in [5.41, 5.74) is 0. The van der Waals surface area contributed by atoms with Crippen molar-refractivity contribution in [3.8, 4) is 0 Å². The van der Waals surface area contributed by atoms with E-state index in [2.05, 4.69) is 6.92 Å². The smallest absolute Gasteiger partial charge is 0.00406 e. The molecule has 12 heavy (non-hydrogen) atoms. The van der Waals surface area contributed by atoms with Crippen molar-refractivity contribution < 1.29 is 0 Å². The molecule has 0 radical (unpaired) electrons. The van der Waals surface area contributed by atoms with Crippen molar-refractivity contribution in [3.63, 3.8) is 0 Å². The lowest BCUT2D eigenvalue weighted by atomic mass is 9.94. The van der Waals surface area contributed by atoms with E-state index in [1.165, 1.54) is 56.2 Å². The normalized spacial score (nSPS) is 25.4. The summed E-state index contributed by atoms with van der Waals surface area (Å²) in [6.07, 6.45) is 10.8. The third-order valence-corrected chi connectivity index (χ3v) is 3.37. The van der Waals surface area contributed by atoms with Crippen LogP contribution < -0.4 is 0 Å². The van der Waals surface area contributed by atoms with Crippen LogP contribution in [0.1, 0.15) is 58.3 Å². The molecule has 1 heteroatoms. The van der Waals surface area contributed by atoms with Gasteiger partial charge in [-0.2, -0.15) is 0 Å². The van der Waals surface area contributed by atoms with Crippen molar-refractivity contribution in [1.29, 1.82) is 0 Å². The summed E-state index contributed by atoms with van der Waals surface area (Å²) >= 11 is 5.43. The maximum Gasteiger partial charge on any atom is -0.00406 e. The molecule has 0 N–H and O–H groups in total. The summed E-state index contributed by atoms with van der Waals surface area (Å²) in [6, 6.07) is 0. The van der Waals surface area contributed by atoms with Gasteiger partial charge in [-0.05, 0) is 36.5 Å². The van der Waals surface area contributed by atoms with Gasteiger partial charge in [0.2, 0.25) is 0 Å². The van der Waals surface area contributed by atoms with Crippen LogP contribution in [-0.4, -0.2) is 4.86 Å². The Bertz CT molecular complexity index is 140. The highest BCUT2D eigenvalue weighted by atomic mass is 32.1. The zero-order valence-corrected chi connectivity index (χ0v) is 8.96. The zero-order chi connectivity index (χ0) is 8.81. The first kappa shape index (κ1) is 10.2. The molecule has 0 bridgehead atoms. The number of hydrogen-bond donors (Lipinski definition) is 0. The summed E-state index contributed by atoms with van der Waals surface area (Å²) in [4.78, 5) is 1.38. The van der Waals surface area contributed by atoms with Crippen molar-refractivity contribution in [3.05, 3.63) is 0 Å². The maximum atomic E-state index is 5.43. The first-order valence-corrected chi connectivity index (χ1v) is 5.78. The SMILES string of the molecule is CCCCC1CCCCCC1=S. The second kappa shape index (κ2) is 5.69. The summed E-state index contributed by atoms with van der Waals surface area (Å²) in [5, 5.41) is 0. The van der Waals surface area contributed by atoms with Crippen molar-refractivity contribution in [1.82, 2.24) is 0 Å². The molecule has 1 unspecified atom stereocenters. The van der Waals surface area contributed by atoms with E-state index in [4.69, 9.17) is 12.2 Å². The predicted octanol–water partition coefficient (Wildman–Crippen LogP) is 4.13. The van der Waals surface area contributed by atoms with Crippen LogP contribution in [0.15, 0.2) is 0 Å². The van der Waals surface area contributed by atoms with Gasteiger partial charge in [0.15, 0.2) is 0 Å². The minimum Gasteiger partial charge on any atom is -0.0894 e. The molecule has 0 aromatic heterocycles. The van der Waals surface area contributed by atoms with E-state index in [0.717, 1.165) is 5.92 Å². The van der Waals surface area contributed by atoms with Gasteiger partial charge in [0.05, 0.1) is 0 Å². The molecule has 1 fully saturated rings. The van der Waals surface area contributed by atoms with Gasteiger partial charge >= 0.3 is 0 Å². The second-order valence-electron chi connectivity index (χ2n) is 3.90. The lowest BCUT2D eigenvalue weighted by molar-refractivity contribution is 0.533. The monoisotopic (exact) mass is 184 g/mol. The summed E-state index contributed by atoms with van der Waals surface area (Å²) in [6.45, 7) is 2.26. The molecule has 0 saturated heterocycles. The second-order valence-corrected chi connectivity index (χ2v) is 4.43.